The lowest BCUT2D eigenvalue weighted by molar-refractivity contribution is -0.137. The number of rotatable bonds is 4. The van der Waals surface area contributed by atoms with Crippen LogP contribution in [0.5, 0.6) is 5.75 Å². The first kappa shape index (κ1) is 17.3. The van der Waals surface area contributed by atoms with Crippen molar-refractivity contribution in [3.63, 3.8) is 0 Å². The quantitative estimate of drug-likeness (QED) is 0.845. The summed E-state index contributed by atoms with van der Waals surface area (Å²) in [6.07, 6.45) is -3.43. The first-order chi connectivity index (χ1) is 11.9. The Bertz CT molecular complexity index is 715. The highest BCUT2D eigenvalue weighted by Crippen LogP contribution is 2.31. The van der Waals surface area contributed by atoms with Crippen molar-refractivity contribution in [3.8, 4) is 5.75 Å². The van der Waals surface area contributed by atoms with E-state index < -0.39 is 17.8 Å². The molecular formula is C17H16F3NO4. The fraction of sp³-hybridized carbons (Fsp3) is 0.353. The van der Waals surface area contributed by atoms with Crippen molar-refractivity contribution in [2.45, 2.75) is 12.3 Å². The largest absolute Gasteiger partial charge is 0.491 e. The minimum atomic E-state index is -4.42. The highest BCUT2D eigenvalue weighted by atomic mass is 19.4. The van der Waals surface area contributed by atoms with Gasteiger partial charge in [-0.3, -0.25) is 4.79 Å². The molecule has 0 spiro atoms. The number of morpholine rings is 1. The van der Waals surface area contributed by atoms with Gasteiger partial charge in [0.15, 0.2) is 5.76 Å². The van der Waals surface area contributed by atoms with E-state index in [-0.39, 0.29) is 30.6 Å². The van der Waals surface area contributed by atoms with Gasteiger partial charge in [-0.15, -0.1) is 0 Å². The molecule has 2 heterocycles. The van der Waals surface area contributed by atoms with Crippen LogP contribution in [0, 0.1) is 0 Å². The molecule has 1 amide bonds. The Hall–Kier alpha value is -2.48. The van der Waals surface area contributed by atoms with Crippen LogP contribution >= 0.6 is 0 Å². The zero-order valence-corrected chi connectivity index (χ0v) is 13.2. The molecule has 1 unspecified atom stereocenters. The van der Waals surface area contributed by atoms with E-state index in [0.29, 0.717) is 13.2 Å². The summed E-state index contributed by atoms with van der Waals surface area (Å²) in [6, 6.07) is 7.85. The van der Waals surface area contributed by atoms with Gasteiger partial charge in [-0.1, -0.05) is 6.07 Å². The average Bonchev–Trinajstić information content (AvgIpc) is 3.14. The molecule has 0 saturated carbocycles. The predicted octanol–water partition coefficient (Wildman–Crippen LogP) is 3.22. The first-order valence-electron chi connectivity index (χ1n) is 7.68. The molecule has 1 fully saturated rings. The van der Waals surface area contributed by atoms with Crippen LogP contribution in [0.4, 0.5) is 13.2 Å². The Kier molecular flexibility index (Phi) is 4.98. The molecule has 0 N–H and O–H groups in total. The van der Waals surface area contributed by atoms with Gasteiger partial charge in [0, 0.05) is 6.54 Å². The Morgan fingerprint density at radius 3 is 2.84 bits per heavy atom. The highest BCUT2D eigenvalue weighted by Gasteiger charge is 2.31. The SMILES string of the molecule is O=C(c1ccco1)N1CCOC(COc2cccc(C(F)(F)F)c2)C1. The normalized spacial score (nSPS) is 18.2. The topological polar surface area (TPSA) is 51.9 Å². The van der Waals surface area contributed by atoms with Crippen LogP contribution in [0.25, 0.3) is 0 Å². The second-order valence-electron chi connectivity index (χ2n) is 5.56. The Balaban J connectivity index is 1.57. The van der Waals surface area contributed by atoms with Crippen LogP contribution in [-0.2, 0) is 10.9 Å². The molecule has 3 rings (SSSR count). The number of halogens is 3. The van der Waals surface area contributed by atoms with Gasteiger partial charge >= 0.3 is 6.18 Å². The van der Waals surface area contributed by atoms with Gasteiger partial charge < -0.3 is 18.8 Å². The highest BCUT2D eigenvalue weighted by molar-refractivity contribution is 5.91. The standard InChI is InChI=1S/C17H16F3NO4/c18-17(19,20)12-3-1-4-13(9-12)25-11-14-10-21(6-8-23-14)16(22)15-5-2-7-24-15/h1-5,7,9,14H,6,8,10-11H2. The number of hydrogen-bond donors (Lipinski definition) is 0. The Labute approximate surface area is 141 Å². The van der Waals surface area contributed by atoms with Gasteiger partial charge in [0.05, 0.1) is 25.0 Å². The maximum absolute atomic E-state index is 12.7. The van der Waals surface area contributed by atoms with Gasteiger partial charge in [-0.2, -0.15) is 13.2 Å². The molecule has 1 aromatic heterocycles. The van der Waals surface area contributed by atoms with E-state index in [0.717, 1.165) is 12.1 Å². The van der Waals surface area contributed by atoms with Crippen molar-refractivity contribution in [1.29, 1.82) is 0 Å². The lowest BCUT2D eigenvalue weighted by atomic mass is 10.2. The summed E-state index contributed by atoms with van der Waals surface area (Å²) < 4.78 is 54.1. The van der Waals surface area contributed by atoms with Crippen molar-refractivity contribution in [2.24, 2.45) is 0 Å². The van der Waals surface area contributed by atoms with Crippen LogP contribution in [0.2, 0.25) is 0 Å². The lowest BCUT2D eigenvalue weighted by Gasteiger charge is -2.32. The molecule has 25 heavy (non-hydrogen) atoms. The number of nitrogens with zero attached hydrogens (tertiary/aromatic N) is 1. The maximum atomic E-state index is 12.7. The second-order valence-corrected chi connectivity index (χ2v) is 5.56. The van der Waals surface area contributed by atoms with Crippen LogP contribution < -0.4 is 4.74 Å². The molecule has 1 aromatic carbocycles. The molecule has 1 aliphatic heterocycles. The number of alkyl halides is 3. The maximum Gasteiger partial charge on any atom is 0.416 e. The van der Waals surface area contributed by atoms with E-state index in [1.165, 1.54) is 18.4 Å². The Morgan fingerprint density at radius 1 is 1.28 bits per heavy atom. The second kappa shape index (κ2) is 7.18. The molecule has 134 valence electrons. The lowest BCUT2D eigenvalue weighted by Crippen LogP contribution is -2.47. The smallest absolute Gasteiger partial charge is 0.416 e. The summed E-state index contributed by atoms with van der Waals surface area (Å²) in [7, 11) is 0. The monoisotopic (exact) mass is 355 g/mol. The zero-order chi connectivity index (χ0) is 17.9. The van der Waals surface area contributed by atoms with Crippen LogP contribution in [0.1, 0.15) is 16.1 Å². The van der Waals surface area contributed by atoms with Gasteiger partial charge in [-0.25, -0.2) is 0 Å². The number of ether oxygens (including phenoxy) is 2. The summed E-state index contributed by atoms with van der Waals surface area (Å²) >= 11 is 0. The Morgan fingerprint density at radius 2 is 2.12 bits per heavy atom. The molecule has 1 aliphatic rings. The van der Waals surface area contributed by atoms with Gasteiger partial charge in [0.25, 0.3) is 5.91 Å². The first-order valence-corrected chi connectivity index (χ1v) is 7.68. The van der Waals surface area contributed by atoms with Crippen molar-refractivity contribution in [3.05, 3.63) is 54.0 Å². The number of carbonyl (C=O) groups is 1. The van der Waals surface area contributed by atoms with Gasteiger partial charge in [0.2, 0.25) is 0 Å². The molecule has 5 nitrogen and oxygen atoms in total. The number of benzene rings is 1. The summed E-state index contributed by atoms with van der Waals surface area (Å²) in [4.78, 5) is 13.8. The van der Waals surface area contributed by atoms with Crippen LogP contribution in [0.15, 0.2) is 47.1 Å². The third-order valence-electron chi connectivity index (χ3n) is 3.76. The molecule has 0 aliphatic carbocycles. The summed E-state index contributed by atoms with van der Waals surface area (Å²) in [5.74, 6) is 0.0877. The summed E-state index contributed by atoms with van der Waals surface area (Å²) in [5, 5.41) is 0. The fourth-order valence-electron chi connectivity index (χ4n) is 2.51. The molecular weight excluding hydrogens is 339 g/mol. The van der Waals surface area contributed by atoms with Crippen molar-refractivity contribution < 1.29 is 31.9 Å². The molecule has 2 aromatic rings. The number of carbonyl (C=O) groups excluding carboxylic acids is 1. The molecule has 1 saturated heterocycles. The molecule has 8 heteroatoms. The van der Waals surface area contributed by atoms with E-state index in [1.54, 1.807) is 17.0 Å². The van der Waals surface area contributed by atoms with Gasteiger partial charge in [0.1, 0.15) is 18.5 Å². The van der Waals surface area contributed by atoms with Crippen molar-refractivity contribution in [2.75, 3.05) is 26.3 Å². The number of amides is 1. The van der Waals surface area contributed by atoms with E-state index in [9.17, 15) is 18.0 Å². The van der Waals surface area contributed by atoms with Crippen LogP contribution in [0.3, 0.4) is 0 Å². The average molecular weight is 355 g/mol. The third-order valence-corrected chi connectivity index (χ3v) is 3.76. The molecule has 1 atom stereocenters. The van der Waals surface area contributed by atoms with E-state index >= 15 is 0 Å². The summed E-state index contributed by atoms with van der Waals surface area (Å²) in [6.45, 7) is 1.06. The zero-order valence-electron chi connectivity index (χ0n) is 13.2. The minimum absolute atomic E-state index is 0.0449. The van der Waals surface area contributed by atoms with Crippen molar-refractivity contribution in [1.82, 2.24) is 4.90 Å². The van der Waals surface area contributed by atoms with Gasteiger partial charge in [-0.05, 0) is 30.3 Å². The van der Waals surface area contributed by atoms with Crippen LogP contribution in [-0.4, -0.2) is 43.2 Å². The van der Waals surface area contributed by atoms with Crippen molar-refractivity contribution >= 4 is 5.91 Å². The number of furan rings is 1. The molecule has 0 bridgehead atoms. The molecule has 0 radical (unpaired) electrons. The minimum Gasteiger partial charge on any atom is -0.491 e. The van der Waals surface area contributed by atoms with E-state index in [2.05, 4.69) is 0 Å². The van der Waals surface area contributed by atoms with E-state index in [4.69, 9.17) is 13.9 Å². The third kappa shape index (κ3) is 4.33. The number of hydrogen-bond acceptors (Lipinski definition) is 4. The predicted molar refractivity (Wildman–Crippen MR) is 81.3 cm³/mol. The van der Waals surface area contributed by atoms with E-state index in [1.807, 2.05) is 0 Å². The summed E-state index contributed by atoms with van der Waals surface area (Å²) in [5.41, 5.74) is -0.774. The fourth-order valence-corrected chi connectivity index (χ4v) is 2.51.